The maximum atomic E-state index is 11.9. The van der Waals surface area contributed by atoms with Gasteiger partial charge in [-0.3, -0.25) is 9.48 Å². The molecule has 0 fully saturated rings. The van der Waals surface area contributed by atoms with Gasteiger partial charge in [0.15, 0.2) is 0 Å². The molecule has 17 heavy (non-hydrogen) atoms. The molecule has 1 aromatic rings. The summed E-state index contributed by atoms with van der Waals surface area (Å²) >= 11 is 6.05. The van der Waals surface area contributed by atoms with E-state index in [1.807, 2.05) is 13.8 Å². The van der Waals surface area contributed by atoms with Gasteiger partial charge in [0.1, 0.15) is 5.15 Å². The number of hydrogen-bond donors (Lipinski definition) is 2. The number of hydrogen-bond acceptors (Lipinski definition) is 3. The summed E-state index contributed by atoms with van der Waals surface area (Å²) < 4.78 is 1.48. The molecule has 0 aliphatic heterocycles. The van der Waals surface area contributed by atoms with Crippen molar-refractivity contribution in [2.75, 3.05) is 6.54 Å². The molecular weight excluding hydrogens is 242 g/mol. The average Bonchev–Trinajstić information content (AvgIpc) is 2.52. The number of aliphatic hydroxyl groups is 1. The molecule has 1 amide bonds. The zero-order chi connectivity index (χ0) is 13.2. The van der Waals surface area contributed by atoms with Gasteiger partial charge in [0, 0.05) is 13.6 Å². The Morgan fingerprint density at radius 3 is 2.59 bits per heavy atom. The second-order valence-electron chi connectivity index (χ2n) is 4.39. The first-order chi connectivity index (χ1) is 7.84. The van der Waals surface area contributed by atoms with E-state index >= 15 is 0 Å². The van der Waals surface area contributed by atoms with Crippen LogP contribution in [0.5, 0.6) is 0 Å². The first kappa shape index (κ1) is 14.0. The summed E-state index contributed by atoms with van der Waals surface area (Å²) in [6.07, 6.45) is -0.586. The fourth-order valence-corrected chi connectivity index (χ4v) is 1.69. The van der Waals surface area contributed by atoms with Crippen LogP contribution >= 0.6 is 11.6 Å². The van der Waals surface area contributed by atoms with Crippen molar-refractivity contribution >= 4 is 17.5 Å². The quantitative estimate of drug-likeness (QED) is 0.857. The van der Waals surface area contributed by atoms with Gasteiger partial charge >= 0.3 is 0 Å². The van der Waals surface area contributed by atoms with Crippen molar-refractivity contribution in [3.8, 4) is 0 Å². The molecule has 96 valence electrons. The zero-order valence-corrected chi connectivity index (χ0v) is 11.2. The summed E-state index contributed by atoms with van der Waals surface area (Å²) in [6.45, 7) is 5.70. The summed E-state index contributed by atoms with van der Waals surface area (Å²) in [6, 6.07) is 0. The Morgan fingerprint density at radius 1 is 1.53 bits per heavy atom. The number of aliphatic hydroxyl groups excluding tert-OH is 1. The molecule has 0 saturated heterocycles. The molecule has 0 aliphatic carbocycles. The molecule has 2 N–H and O–H groups in total. The summed E-state index contributed by atoms with van der Waals surface area (Å²) in [7, 11) is 1.69. The minimum absolute atomic E-state index is 0.112. The fraction of sp³-hybridized carbons (Fsp3) is 0.636. The highest BCUT2D eigenvalue weighted by atomic mass is 35.5. The smallest absolute Gasteiger partial charge is 0.256 e. The average molecular weight is 260 g/mol. The third-order valence-corrected chi connectivity index (χ3v) is 2.77. The highest BCUT2D eigenvalue weighted by molar-refractivity contribution is 6.33. The molecule has 1 aromatic heterocycles. The van der Waals surface area contributed by atoms with Crippen LogP contribution in [-0.4, -0.2) is 33.4 Å². The van der Waals surface area contributed by atoms with Crippen LogP contribution in [0, 0.1) is 0 Å². The molecule has 0 spiro atoms. The minimum atomic E-state index is -0.586. The van der Waals surface area contributed by atoms with Crippen molar-refractivity contribution in [3.05, 3.63) is 16.4 Å². The lowest BCUT2D eigenvalue weighted by Gasteiger charge is -2.08. The van der Waals surface area contributed by atoms with Crippen molar-refractivity contribution in [2.45, 2.75) is 32.8 Å². The first-order valence-corrected chi connectivity index (χ1v) is 5.91. The second kappa shape index (κ2) is 5.51. The lowest BCUT2D eigenvalue weighted by Crippen LogP contribution is -2.31. The largest absolute Gasteiger partial charge is 0.392 e. The number of aromatic nitrogens is 2. The molecule has 0 saturated carbocycles. The summed E-state index contributed by atoms with van der Waals surface area (Å²) in [5.74, 6) is -0.186. The standard InChI is InChI=1S/C11H18ClN3O2/c1-6(2)9-8(10(12)15(4)14-9)11(17)13-5-7(3)16/h6-7,16H,5H2,1-4H3,(H,13,17). The monoisotopic (exact) mass is 259 g/mol. The minimum Gasteiger partial charge on any atom is -0.392 e. The Balaban J connectivity index is 2.99. The van der Waals surface area contributed by atoms with E-state index in [1.54, 1.807) is 14.0 Å². The topological polar surface area (TPSA) is 67.2 Å². The molecule has 1 rings (SSSR count). The van der Waals surface area contributed by atoms with Crippen molar-refractivity contribution < 1.29 is 9.90 Å². The summed E-state index contributed by atoms with van der Waals surface area (Å²) in [5, 5.41) is 16.3. The maximum absolute atomic E-state index is 11.9. The van der Waals surface area contributed by atoms with E-state index in [9.17, 15) is 4.79 Å². The second-order valence-corrected chi connectivity index (χ2v) is 4.75. The molecule has 0 radical (unpaired) electrons. The number of halogens is 1. The zero-order valence-electron chi connectivity index (χ0n) is 10.5. The van der Waals surface area contributed by atoms with E-state index in [1.165, 1.54) is 4.68 Å². The molecule has 6 heteroatoms. The number of amides is 1. The van der Waals surface area contributed by atoms with Crippen molar-refractivity contribution in [3.63, 3.8) is 0 Å². The maximum Gasteiger partial charge on any atom is 0.256 e. The van der Waals surface area contributed by atoms with Crippen LogP contribution in [0.15, 0.2) is 0 Å². The van der Waals surface area contributed by atoms with E-state index in [-0.39, 0.29) is 18.4 Å². The molecule has 1 heterocycles. The van der Waals surface area contributed by atoms with Crippen LogP contribution < -0.4 is 5.32 Å². The van der Waals surface area contributed by atoms with Crippen LogP contribution in [-0.2, 0) is 7.05 Å². The molecule has 5 nitrogen and oxygen atoms in total. The van der Waals surface area contributed by atoms with Crippen LogP contribution in [0.1, 0.15) is 42.7 Å². The van der Waals surface area contributed by atoms with Gasteiger partial charge in [0.25, 0.3) is 5.91 Å². The SMILES string of the molecule is CC(O)CNC(=O)c1c(C(C)C)nn(C)c1Cl. The summed E-state index contributed by atoms with van der Waals surface area (Å²) in [5.41, 5.74) is 1.06. The van der Waals surface area contributed by atoms with Crippen molar-refractivity contribution in [1.29, 1.82) is 0 Å². The number of carbonyl (C=O) groups is 1. The summed E-state index contributed by atoms with van der Waals surface area (Å²) in [4.78, 5) is 11.9. The van der Waals surface area contributed by atoms with Crippen LogP contribution in [0.4, 0.5) is 0 Å². The number of aryl methyl sites for hydroxylation is 1. The van der Waals surface area contributed by atoms with E-state index in [4.69, 9.17) is 16.7 Å². The highest BCUT2D eigenvalue weighted by Gasteiger charge is 2.23. The van der Waals surface area contributed by atoms with E-state index in [0.29, 0.717) is 16.4 Å². The van der Waals surface area contributed by atoms with Crippen molar-refractivity contribution in [2.24, 2.45) is 7.05 Å². The highest BCUT2D eigenvalue weighted by Crippen LogP contribution is 2.24. The van der Waals surface area contributed by atoms with Gasteiger partial charge in [-0.2, -0.15) is 5.10 Å². The molecule has 1 atom stereocenters. The lowest BCUT2D eigenvalue weighted by atomic mass is 10.1. The van der Waals surface area contributed by atoms with E-state index in [0.717, 1.165) is 0 Å². The van der Waals surface area contributed by atoms with E-state index < -0.39 is 6.10 Å². The molecule has 1 unspecified atom stereocenters. The van der Waals surface area contributed by atoms with Gasteiger partial charge in [-0.15, -0.1) is 0 Å². The third-order valence-electron chi connectivity index (χ3n) is 2.34. The number of nitrogens with zero attached hydrogens (tertiary/aromatic N) is 2. The van der Waals surface area contributed by atoms with Gasteiger partial charge in [0.2, 0.25) is 0 Å². The van der Waals surface area contributed by atoms with Gasteiger partial charge < -0.3 is 10.4 Å². The number of carbonyl (C=O) groups excluding carboxylic acids is 1. The Kier molecular flexibility index (Phi) is 4.54. The predicted molar refractivity (Wildman–Crippen MR) is 66.3 cm³/mol. The van der Waals surface area contributed by atoms with Gasteiger partial charge in [-0.1, -0.05) is 25.4 Å². The Hall–Kier alpha value is -1.07. The van der Waals surface area contributed by atoms with Crippen LogP contribution in [0.3, 0.4) is 0 Å². The van der Waals surface area contributed by atoms with Gasteiger partial charge in [-0.05, 0) is 12.8 Å². The third kappa shape index (κ3) is 3.20. The lowest BCUT2D eigenvalue weighted by molar-refractivity contribution is 0.0923. The molecule has 0 aromatic carbocycles. The number of nitrogens with one attached hydrogen (secondary N) is 1. The van der Waals surface area contributed by atoms with Gasteiger partial charge in [0.05, 0.1) is 17.4 Å². The van der Waals surface area contributed by atoms with E-state index in [2.05, 4.69) is 10.4 Å². The normalized spacial score (nSPS) is 12.9. The first-order valence-electron chi connectivity index (χ1n) is 5.53. The molecular formula is C11H18ClN3O2. The van der Waals surface area contributed by atoms with Crippen LogP contribution in [0.2, 0.25) is 5.15 Å². The Labute approximate surface area is 106 Å². The van der Waals surface area contributed by atoms with Gasteiger partial charge in [-0.25, -0.2) is 0 Å². The predicted octanol–water partition coefficient (Wildman–Crippen LogP) is 1.31. The molecule has 0 bridgehead atoms. The van der Waals surface area contributed by atoms with Crippen molar-refractivity contribution in [1.82, 2.24) is 15.1 Å². The Bertz CT molecular complexity index is 413. The molecule has 0 aliphatic rings. The Morgan fingerprint density at radius 2 is 2.12 bits per heavy atom. The van der Waals surface area contributed by atoms with Crippen LogP contribution in [0.25, 0.3) is 0 Å². The number of rotatable bonds is 4. The fourth-order valence-electron chi connectivity index (χ4n) is 1.47.